The molecule has 0 amide bonds. The van der Waals surface area contributed by atoms with Gasteiger partial charge in [0, 0.05) is 17.7 Å². The molecule has 1 N–H and O–H groups in total. The first-order valence-electron chi connectivity index (χ1n) is 9.93. The maximum atomic E-state index is 13.0. The van der Waals surface area contributed by atoms with E-state index < -0.39 is 11.7 Å². The Morgan fingerprint density at radius 1 is 1.03 bits per heavy atom. The van der Waals surface area contributed by atoms with Gasteiger partial charge in [0.1, 0.15) is 5.82 Å². The Bertz CT molecular complexity index is 969. The second-order valence-electron chi connectivity index (χ2n) is 7.88. The van der Waals surface area contributed by atoms with Crippen molar-refractivity contribution in [2.24, 2.45) is 5.92 Å². The number of nitrogens with zero attached hydrogens (tertiary/aromatic N) is 2. The summed E-state index contributed by atoms with van der Waals surface area (Å²) in [4.78, 5) is 10.0. The first kappa shape index (κ1) is 19.7. The molecule has 0 bridgehead atoms. The van der Waals surface area contributed by atoms with Crippen molar-refractivity contribution in [2.75, 3.05) is 13.1 Å². The third-order valence-electron chi connectivity index (χ3n) is 5.56. The SMILES string of the molecule is CC1CCN(Cc2cccc(-c3ncc(-c4cccc(C(F)(F)F)c4)[nH]3)c2)CC1. The smallest absolute Gasteiger partial charge is 0.338 e. The Balaban J connectivity index is 1.53. The summed E-state index contributed by atoms with van der Waals surface area (Å²) in [6.45, 7) is 5.44. The number of imidazole rings is 1. The van der Waals surface area contributed by atoms with E-state index in [0.29, 0.717) is 17.1 Å². The predicted molar refractivity (Wildman–Crippen MR) is 108 cm³/mol. The highest BCUT2D eigenvalue weighted by Gasteiger charge is 2.30. The van der Waals surface area contributed by atoms with Crippen molar-refractivity contribution in [3.05, 3.63) is 65.9 Å². The number of nitrogens with one attached hydrogen (secondary N) is 1. The number of piperidine rings is 1. The fourth-order valence-corrected chi connectivity index (χ4v) is 3.77. The minimum Gasteiger partial charge on any atom is -0.338 e. The maximum absolute atomic E-state index is 13.0. The van der Waals surface area contributed by atoms with Gasteiger partial charge in [-0.05, 0) is 55.6 Å². The van der Waals surface area contributed by atoms with Gasteiger partial charge in [-0.15, -0.1) is 0 Å². The van der Waals surface area contributed by atoms with Gasteiger partial charge in [0.15, 0.2) is 0 Å². The van der Waals surface area contributed by atoms with E-state index in [4.69, 9.17) is 0 Å². The fraction of sp³-hybridized carbons (Fsp3) is 0.348. The van der Waals surface area contributed by atoms with Crippen LogP contribution in [0, 0.1) is 5.92 Å². The third kappa shape index (κ3) is 4.70. The highest BCUT2D eigenvalue weighted by molar-refractivity contribution is 5.65. The van der Waals surface area contributed by atoms with E-state index >= 15 is 0 Å². The molecule has 0 aliphatic carbocycles. The van der Waals surface area contributed by atoms with E-state index in [1.165, 1.54) is 24.5 Å². The Labute approximate surface area is 168 Å². The van der Waals surface area contributed by atoms with Gasteiger partial charge in [0.25, 0.3) is 0 Å². The summed E-state index contributed by atoms with van der Waals surface area (Å²) in [5, 5.41) is 0. The molecule has 6 heteroatoms. The lowest BCUT2D eigenvalue weighted by atomic mass is 9.98. The zero-order valence-corrected chi connectivity index (χ0v) is 16.3. The Hall–Kier alpha value is -2.60. The molecular formula is C23H24F3N3. The minimum atomic E-state index is -4.36. The number of rotatable bonds is 4. The van der Waals surface area contributed by atoms with E-state index in [0.717, 1.165) is 43.2 Å². The lowest BCUT2D eigenvalue weighted by Crippen LogP contribution is -2.32. The molecule has 3 nitrogen and oxygen atoms in total. The Morgan fingerprint density at radius 3 is 2.52 bits per heavy atom. The zero-order valence-electron chi connectivity index (χ0n) is 16.3. The predicted octanol–water partition coefficient (Wildman–Crippen LogP) is 5.99. The Morgan fingerprint density at radius 2 is 1.76 bits per heavy atom. The molecule has 1 aromatic heterocycles. The highest BCUT2D eigenvalue weighted by Crippen LogP contribution is 2.32. The van der Waals surface area contributed by atoms with Crippen LogP contribution in [0.25, 0.3) is 22.6 Å². The van der Waals surface area contributed by atoms with Crippen molar-refractivity contribution in [1.29, 1.82) is 0 Å². The number of likely N-dealkylation sites (tertiary alicyclic amines) is 1. The van der Waals surface area contributed by atoms with Gasteiger partial charge in [0.2, 0.25) is 0 Å². The average molecular weight is 399 g/mol. The molecule has 0 unspecified atom stereocenters. The summed E-state index contributed by atoms with van der Waals surface area (Å²) in [5.74, 6) is 1.46. The van der Waals surface area contributed by atoms with Crippen molar-refractivity contribution in [3.63, 3.8) is 0 Å². The van der Waals surface area contributed by atoms with Gasteiger partial charge >= 0.3 is 6.18 Å². The third-order valence-corrected chi connectivity index (χ3v) is 5.56. The van der Waals surface area contributed by atoms with E-state index in [9.17, 15) is 13.2 Å². The molecule has 1 aliphatic heterocycles. The highest BCUT2D eigenvalue weighted by atomic mass is 19.4. The molecule has 1 saturated heterocycles. The van der Waals surface area contributed by atoms with Gasteiger partial charge < -0.3 is 4.98 Å². The van der Waals surface area contributed by atoms with Crippen LogP contribution in [-0.2, 0) is 12.7 Å². The van der Waals surface area contributed by atoms with Crippen molar-refractivity contribution in [1.82, 2.24) is 14.9 Å². The molecule has 0 spiro atoms. The summed E-state index contributed by atoms with van der Waals surface area (Å²) >= 11 is 0. The molecule has 152 valence electrons. The quantitative estimate of drug-likeness (QED) is 0.584. The second-order valence-corrected chi connectivity index (χ2v) is 7.88. The van der Waals surface area contributed by atoms with E-state index in [1.807, 2.05) is 12.1 Å². The van der Waals surface area contributed by atoms with Crippen LogP contribution in [0.3, 0.4) is 0 Å². The fourth-order valence-electron chi connectivity index (χ4n) is 3.77. The summed E-state index contributed by atoms with van der Waals surface area (Å²) in [6.07, 6.45) is -0.306. The molecular weight excluding hydrogens is 375 g/mol. The van der Waals surface area contributed by atoms with Crippen LogP contribution in [0.4, 0.5) is 13.2 Å². The van der Waals surface area contributed by atoms with Crippen LogP contribution in [0.15, 0.2) is 54.7 Å². The van der Waals surface area contributed by atoms with Gasteiger partial charge in [0.05, 0.1) is 17.5 Å². The normalized spacial score (nSPS) is 16.3. The van der Waals surface area contributed by atoms with Gasteiger partial charge in [-0.3, -0.25) is 4.90 Å². The molecule has 0 saturated carbocycles. The second kappa shape index (κ2) is 8.03. The largest absolute Gasteiger partial charge is 0.416 e. The monoisotopic (exact) mass is 399 g/mol. The summed E-state index contributed by atoms with van der Waals surface area (Å²) in [7, 11) is 0. The number of H-pyrrole nitrogens is 1. The molecule has 2 heterocycles. The van der Waals surface area contributed by atoms with Crippen LogP contribution >= 0.6 is 0 Å². The molecule has 2 aromatic carbocycles. The van der Waals surface area contributed by atoms with Crippen molar-refractivity contribution < 1.29 is 13.2 Å². The summed E-state index contributed by atoms with van der Waals surface area (Å²) < 4.78 is 38.9. The van der Waals surface area contributed by atoms with Crippen LogP contribution in [0.2, 0.25) is 0 Å². The lowest BCUT2D eigenvalue weighted by molar-refractivity contribution is -0.137. The molecule has 29 heavy (non-hydrogen) atoms. The van der Waals surface area contributed by atoms with E-state index in [2.05, 4.69) is 33.9 Å². The number of hydrogen-bond acceptors (Lipinski definition) is 2. The first-order chi connectivity index (χ1) is 13.9. The van der Waals surface area contributed by atoms with E-state index in [1.54, 1.807) is 12.3 Å². The minimum absolute atomic E-state index is 0.470. The average Bonchev–Trinajstić information content (AvgIpc) is 3.20. The van der Waals surface area contributed by atoms with Crippen molar-refractivity contribution >= 4 is 0 Å². The van der Waals surface area contributed by atoms with Crippen molar-refractivity contribution in [3.8, 4) is 22.6 Å². The number of aromatic nitrogens is 2. The van der Waals surface area contributed by atoms with Gasteiger partial charge in [-0.2, -0.15) is 13.2 Å². The van der Waals surface area contributed by atoms with Crippen LogP contribution in [0.5, 0.6) is 0 Å². The summed E-state index contributed by atoms with van der Waals surface area (Å²) in [5.41, 5.74) is 2.53. The topological polar surface area (TPSA) is 31.9 Å². The molecule has 3 aromatic rings. The van der Waals surface area contributed by atoms with Crippen LogP contribution < -0.4 is 0 Å². The zero-order chi connectivity index (χ0) is 20.4. The standard InChI is InChI=1S/C23H24F3N3/c1-16-8-10-29(11-9-16)15-17-4-2-6-19(12-17)22-27-14-21(28-22)18-5-3-7-20(13-18)23(24,25)26/h2-7,12-14,16H,8-11,15H2,1H3,(H,27,28). The number of halogens is 3. The molecule has 4 rings (SSSR count). The molecule has 0 radical (unpaired) electrons. The first-order valence-corrected chi connectivity index (χ1v) is 9.93. The van der Waals surface area contributed by atoms with E-state index in [-0.39, 0.29) is 0 Å². The Kier molecular flexibility index (Phi) is 5.46. The lowest BCUT2D eigenvalue weighted by Gasteiger charge is -2.30. The maximum Gasteiger partial charge on any atom is 0.416 e. The number of hydrogen-bond donors (Lipinski definition) is 1. The van der Waals surface area contributed by atoms with Crippen LogP contribution in [0.1, 0.15) is 30.9 Å². The molecule has 0 atom stereocenters. The number of aromatic amines is 1. The van der Waals surface area contributed by atoms with Crippen molar-refractivity contribution in [2.45, 2.75) is 32.5 Å². The van der Waals surface area contributed by atoms with Gasteiger partial charge in [-0.25, -0.2) is 4.98 Å². The molecule has 1 fully saturated rings. The number of alkyl halides is 3. The molecule has 1 aliphatic rings. The summed E-state index contributed by atoms with van der Waals surface area (Å²) in [6, 6.07) is 13.5. The van der Waals surface area contributed by atoms with Gasteiger partial charge in [-0.1, -0.05) is 37.3 Å². The number of benzene rings is 2. The van der Waals surface area contributed by atoms with Crippen LogP contribution in [-0.4, -0.2) is 28.0 Å².